The molecule has 0 aliphatic carbocycles. The summed E-state index contributed by atoms with van der Waals surface area (Å²) in [4.78, 5) is 20.4. The highest BCUT2D eigenvalue weighted by atomic mass is 16.4. The molecule has 0 spiro atoms. The molecule has 0 bridgehead atoms. The molecule has 176 valence electrons. The van der Waals surface area contributed by atoms with Crippen LogP contribution in [-0.4, -0.2) is 38.5 Å². The van der Waals surface area contributed by atoms with E-state index in [0.29, 0.717) is 17.5 Å². The fourth-order valence-corrected chi connectivity index (χ4v) is 3.04. The number of hydrogen-bond acceptors (Lipinski definition) is 4. The summed E-state index contributed by atoms with van der Waals surface area (Å²) in [5.41, 5.74) is 1.52. The molecule has 0 aliphatic heterocycles. The van der Waals surface area contributed by atoms with E-state index in [0.717, 1.165) is 16.3 Å². The zero-order valence-electron chi connectivity index (χ0n) is 18.8. The van der Waals surface area contributed by atoms with Gasteiger partial charge in [-0.05, 0) is 53.6 Å². The number of carboxylic acids is 2. The van der Waals surface area contributed by atoms with E-state index in [1.54, 1.807) is 67.6 Å². The van der Waals surface area contributed by atoms with E-state index in [4.69, 9.17) is 10.2 Å². The highest BCUT2D eigenvalue weighted by Gasteiger charge is 2.10. The van der Waals surface area contributed by atoms with Crippen molar-refractivity contribution < 1.29 is 30.0 Å². The van der Waals surface area contributed by atoms with Gasteiger partial charge in [0.15, 0.2) is 0 Å². The zero-order chi connectivity index (χ0) is 24.9. The van der Waals surface area contributed by atoms with Gasteiger partial charge in [-0.15, -0.1) is 0 Å². The van der Waals surface area contributed by atoms with Crippen LogP contribution in [0.5, 0.6) is 0 Å². The molecule has 4 rings (SSSR count). The molecule has 0 saturated heterocycles. The van der Waals surface area contributed by atoms with E-state index in [-0.39, 0.29) is 0 Å². The Kier molecular flexibility index (Phi) is 10.4. The molecule has 0 heterocycles. The monoisotopic (exact) mass is 460 g/mol. The van der Waals surface area contributed by atoms with Crippen molar-refractivity contribution >= 4 is 22.7 Å². The minimum absolute atomic E-state index is 0.331. The number of rotatable bonds is 5. The lowest BCUT2D eigenvalue weighted by Gasteiger charge is -2.13. The number of benzene rings is 4. The normalized spacial score (nSPS) is 11.7. The molecule has 2 unspecified atom stereocenters. The second-order valence-electron chi connectivity index (χ2n) is 7.55. The minimum atomic E-state index is -0.879. The Morgan fingerprint density at radius 3 is 1.50 bits per heavy atom. The highest BCUT2D eigenvalue weighted by molar-refractivity contribution is 5.87. The maximum Gasteiger partial charge on any atom is 0.335 e. The van der Waals surface area contributed by atoms with Crippen molar-refractivity contribution in [2.24, 2.45) is 0 Å². The van der Waals surface area contributed by atoms with Crippen LogP contribution in [0.1, 0.15) is 45.7 Å². The molecule has 0 aromatic heterocycles. The summed E-state index contributed by atoms with van der Waals surface area (Å²) in [6.45, 7) is 1.68. The highest BCUT2D eigenvalue weighted by Crippen LogP contribution is 2.23. The molecule has 6 heteroatoms. The molecule has 6 nitrogen and oxygen atoms in total. The molecule has 2 atom stereocenters. The van der Waals surface area contributed by atoms with Crippen molar-refractivity contribution in [3.63, 3.8) is 0 Å². The third kappa shape index (κ3) is 8.86. The van der Waals surface area contributed by atoms with Gasteiger partial charge in [-0.3, -0.25) is 0 Å². The van der Waals surface area contributed by atoms with Crippen molar-refractivity contribution in [3.8, 4) is 0 Å². The molecule has 4 aromatic carbocycles. The summed E-state index contributed by atoms with van der Waals surface area (Å²) >= 11 is 0. The Balaban J connectivity index is 0.000000194. The smallest absolute Gasteiger partial charge is 0.335 e. The van der Waals surface area contributed by atoms with E-state index < -0.39 is 24.1 Å². The third-order valence-corrected chi connectivity index (χ3v) is 4.76. The number of carboxylic acid groups (broad SMARTS) is 2. The molecule has 0 amide bonds. The topological polar surface area (TPSA) is 115 Å². The standard InChI is InChI=1S/C14H16O2.2C7H6O2/c1-10(15)8-14(16)13-7-6-11-4-2-3-5-12(11)9-13;2*8-7(9)6-4-2-1-3-5-6/h2-7,9-10,14-16H,8H2,1H3;2*1-5H,(H,8,9). The number of carbonyl (C=O) groups is 2. The third-order valence-electron chi connectivity index (χ3n) is 4.76. The van der Waals surface area contributed by atoms with Gasteiger partial charge >= 0.3 is 11.9 Å². The molecule has 4 aromatic rings. The van der Waals surface area contributed by atoms with Crippen molar-refractivity contribution in [3.05, 3.63) is 120 Å². The number of hydrogen-bond donors (Lipinski definition) is 4. The predicted octanol–water partition coefficient (Wildman–Crippen LogP) is 5.41. The van der Waals surface area contributed by atoms with Crippen LogP contribution in [0.4, 0.5) is 0 Å². The molecule has 0 radical (unpaired) electrons. The summed E-state index contributed by atoms with van der Waals surface area (Å²) in [7, 11) is 0. The quantitative estimate of drug-likeness (QED) is 0.316. The van der Waals surface area contributed by atoms with Crippen LogP contribution in [0.2, 0.25) is 0 Å². The second kappa shape index (κ2) is 13.5. The largest absolute Gasteiger partial charge is 0.478 e. The van der Waals surface area contributed by atoms with Crippen molar-refractivity contribution in [1.82, 2.24) is 0 Å². The molecular weight excluding hydrogens is 432 g/mol. The lowest BCUT2D eigenvalue weighted by molar-refractivity contribution is 0.0686. The van der Waals surface area contributed by atoms with Crippen LogP contribution in [0.3, 0.4) is 0 Å². The van der Waals surface area contributed by atoms with Crippen molar-refractivity contribution in [2.45, 2.75) is 25.6 Å². The molecule has 34 heavy (non-hydrogen) atoms. The Morgan fingerprint density at radius 2 is 1.09 bits per heavy atom. The summed E-state index contributed by atoms with van der Waals surface area (Å²) in [5, 5.41) is 38.2. The predicted molar refractivity (Wildman–Crippen MR) is 132 cm³/mol. The fourth-order valence-electron chi connectivity index (χ4n) is 3.04. The van der Waals surface area contributed by atoms with Gasteiger partial charge in [-0.1, -0.05) is 72.8 Å². The van der Waals surface area contributed by atoms with Gasteiger partial charge in [0.2, 0.25) is 0 Å². The SMILES string of the molecule is CC(O)CC(O)c1ccc2ccccc2c1.O=C(O)c1ccccc1.O=C(O)c1ccccc1. The van der Waals surface area contributed by atoms with Crippen LogP contribution >= 0.6 is 0 Å². The van der Waals surface area contributed by atoms with Crippen molar-refractivity contribution in [2.75, 3.05) is 0 Å². The van der Waals surface area contributed by atoms with Crippen LogP contribution in [0.15, 0.2) is 103 Å². The van der Waals surface area contributed by atoms with Gasteiger partial charge in [-0.2, -0.15) is 0 Å². The van der Waals surface area contributed by atoms with Gasteiger partial charge in [0.1, 0.15) is 0 Å². The fraction of sp³-hybridized carbons (Fsp3) is 0.143. The molecular formula is C28H28O6. The van der Waals surface area contributed by atoms with E-state index >= 15 is 0 Å². The first-order valence-electron chi connectivity index (χ1n) is 10.7. The maximum atomic E-state index is 10.2. The molecule has 0 aliphatic rings. The van der Waals surface area contributed by atoms with E-state index in [1.807, 2.05) is 42.5 Å². The van der Waals surface area contributed by atoms with Crippen LogP contribution < -0.4 is 0 Å². The van der Waals surface area contributed by atoms with Gasteiger partial charge in [0, 0.05) is 6.42 Å². The van der Waals surface area contributed by atoms with Crippen molar-refractivity contribution in [1.29, 1.82) is 0 Å². The summed E-state index contributed by atoms with van der Waals surface area (Å²) in [5.74, 6) is -1.76. The Labute approximate surface area is 198 Å². The minimum Gasteiger partial charge on any atom is -0.478 e. The van der Waals surface area contributed by atoms with Gasteiger partial charge in [0.05, 0.1) is 23.3 Å². The number of fused-ring (bicyclic) bond motifs is 1. The lowest BCUT2D eigenvalue weighted by Crippen LogP contribution is -2.07. The average molecular weight is 461 g/mol. The number of aliphatic hydroxyl groups is 2. The number of aromatic carboxylic acids is 2. The van der Waals surface area contributed by atoms with Gasteiger partial charge < -0.3 is 20.4 Å². The summed E-state index contributed by atoms with van der Waals surface area (Å²) in [6, 6.07) is 30.5. The Hall–Kier alpha value is -4.00. The van der Waals surface area contributed by atoms with Crippen LogP contribution in [-0.2, 0) is 0 Å². The lowest BCUT2D eigenvalue weighted by atomic mass is 10.0. The second-order valence-corrected chi connectivity index (χ2v) is 7.55. The Bertz CT molecular complexity index is 1120. The molecule has 4 N–H and O–H groups in total. The zero-order valence-corrected chi connectivity index (χ0v) is 18.8. The van der Waals surface area contributed by atoms with E-state index in [9.17, 15) is 19.8 Å². The summed E-state index contributed by atoms with van der Waals surface area (Å²) < 4.78 is 0. The van der Waals surface area contributed by atoms with Crippen LogP contribution in [0.25, 0.3) is 10.8 Å². The first-order chi connectivity index (χ1) is 16.3. The average Bonchev–Trinajstić information content (AvgIpc) is 2.85. The van der Waals surface area contributed by atoms with Crippen LogP contribution in [0, 0.1) is 0 Å². The first-order valence-corrected chi connectivity index (χ1v) is 10.7. The molecule has 0 fully saturated rings. The number of aliphatic hydroxyl groups excluding tert-OH is 2. The van der Waals surface area contributed by atoms with Gasteiger partial charge in [0.25, 0.3) is 0 Å². The van der Waals surface area contributed by atoms with E-state index in [1.165, 1.54) is 0 Å². The van der Waals surface area contributed by atoms with Gasteiger partial charge in [-0.25, -0.2) is 9.59 Å². The summed E-state index contributed by atoms with van der Waals surface area (Å²) in [6.07, 6.45) is -0.704. The first kappa shape index (κ1) is 26.3. The van der Waals surface area contributed by atoms with E-state index in [2.05, 4.69) is 0 Å². The Morgan fingerprint density at radius 1 is 0.647 bits per heavy atom. The molecule has 0 saturated carbocycles. The maximum absolute atomic E-state index is 10.2.